The van der Waals surface area contributed by atoms with E-state index in [1.54, 1.807) is 20.1 Å². The number of allylic oxidation sites excluding steroid dienone is 5. The molecule has 3 heterocycles. The lowest BCUT2D eigenvalue weighted by Crippen LogP contribution is -2.58. The highest BCUT2D eigenvalue weighted by molar-refractivity contribution is 5.78. The Bertz CT molecular complexity index is 1220. The molecule has 0 aromatic heterocycles. The summed E-state index contributed by atoms with van der Waals surface area (Å²) in [6.07, 6.45) is 12.7. The molecule has 1 aliphatic carbocycles. The Kier molecular flexibility index (Phi) is 12.7. The molecule has 9 heteroatoms. The predicted molar refractivity (Wildman–Crippen MR) is 177 cm³/mol. The van der Waals surface area contributed by atoms with Crippen molar-refractivity contribution in [1.82, 2.24) is 5.48 Å². The summed E-state index contributed by atoms with van der Waals surface area (Å²) in [4.78, 5) is 19.5. The monoisotopic (exact) mass is 643 g/mol. The van der Waals surface area contributed by atoms with Crippen LogP contribution >= 0.6 is 0 Å². The fourth-order valence-electron chi connectivity index (χ4n) is 7.38. The van der Waals surface area contributed by atoms with Crippen LogP contribution in [-0.2, 0) is 28.6 Å². The minimum absolute atomic E-state index is 0.0625. The number of aliphatic hydroxyl groups is 2. The van der Waals surface area contributed by atoms with Crippen LogP contribution in [0.15, 0.2) is 58.7 Å². The third-order valence-electron chi connectivity index (χ3n) is 9.63. The maximum atomic E-state index is 14.2. The van der Waals surface area contributed by atoms with Gasteiger partial charge in [-0.25, -0.2) is 0 Å². The third kappa shape index (κ3) is 8.67. The van der Waals surface area contributed by atoms with E-state index in [1.807, 2.05) is 12.2 Å². The molecule has 2 bridgehead atoms. The van der Waals surface area contributed by atoms with Gasteiger partial charge in [0.05, 0.1) is 26.4 Å². The molecule has 0 amide bonds. The van der Waals surface area contributed by atoms with E-state index < -0.39 is 41.6 Å². The fourth-order valence-corrected chi connectivity index (χ4v) is 7.38. The molecule has 4 aliphatic rings. The molecule has 9 atom stereocenters. The number of carbonyl (C=O) groups is 1. The molecule has 0 radical (unpaired) electrons. The fraction of sp³-hybridized carbons (Fsp3) is 0.703. The van der Waals surface area contributed by atoms with E-state index in [-0.39, 0.29) is 24.7 Å². The van der Waals surface area contributed by atoms with Crippen molar-refractivity contribution < 1.29 is 38.8 Å². The number of hydrogen-bond acceptors (Lipinski definition) is 9. The van der Waals surface area contributed by atoms with Gasteiger partial charge in [0.2, 0.25) is 0 Å². The molecule has 3 aliphatic heterocycles. The highest BCUT2D eigenvalue weighted by Gasteiger charge is 2.60. The molecule has 3 N–H and O–H groups in total. The first kappa shape index (κ1) is 36.7. The van der Waals surface area contributed by atoms with E-state index in [0.717, 1.165) is 18.4 Å². The SMILES string of the molecule is CCC(C[C@@]1(OC/C(C)=C/C(C)C)CC2C[C@@H](C/C=C(\C)C[C@@H](C)/C=C/C=C3\COC4[C@H](O)C(C)=CC(C(=O)O2)[C@@]34O)O1)NOC. The number of carbonyl (C=O) groups excluding carboxylic acids is 1. The first-order valence-corrected chi connectivity index (χ1v) is 17.0. The van der Waals surface area contributed by atoms with Gasteiger partial charge in [-0.3, -0.25) is 4.79 Å². The quantitative estimate of drug-likeness (QED) is 0.167. The molecule has 46 heavy (non-hydrogen) atoms. The van der Waals surface area contributed by atoms with Crippen LogP contribution in [0.25, 0.3) is 0 Å². The lowest BCUT2D eigenvalue weighted by atomic mass is 9.71. The van der Waals surface area contributed by atoms with Crippen molar-refractivity contribution in [2.45, 2.75) is 129 Å². The van der Waals surface area contributed by atoms with Crippen molar-refractivity contribution in [3.05, 3.63) is 58.7 Å². The van der Waals surface area contributed by atoms with Gasteiger partial charge in [0.25, 0.3) is 0 Å². The molecule has 9 nitrogen and oxygen atoms in total. The number of hydrogen-bond donors (Lipinski definition) is 3. The first-order chi connectivity index (χ1) is 21.8. The van der Waals surface area contributed by atoms with E-state index in [0.29, 0.717) is 49.4 Å². The van der Waals surface area contributed by atoms with Crippen molar-refractivity contribution in [3.8, 4) is 0 Å². The molecule has 2 fully saturated rings. The second kappa shape index (κ2) is 15.9. The highest BCUT2D eigenvalue weighted by Crippen LogP contribution is 2.46. The largest absolute Gasteiger partial charge is 0.462 e. The van der Waals surface area contributed by atoms with Gasteiger partial charge in [0.15, 0.2) is 5.79 Å². The molecular formula is C37H57NO8. The van der Waals surface area contributed by atoms with Crippen LogP contribution in [0.5, 0.6) is 0 Å². The standard InChI is InChI=1S/C37H57NO8/c1-9-29(38-42-8)19-36(44-21-26(6)15-23(2)3)20-31-18-30(46-36)14-13-25(5)16-24(4)11-10-12-28-22-43-34-33(39)27(7)17-32(35(40)45-31)37(28,34)41/h10-13,15,17,23-24,29-34,38-39,41H,9,14,16,18-22H2,1-8H3/b11-10+,25-13+,26-15+,28-12+/t24-,29?,30+,31?,32?,33+,34?,36-,37-/m0/s1. The number of hydroxylamine groups is 1. The molecule has 0 aromatic rings. The van der Waals surface area contributed by atoms with E-state index in [1.165, 1.54) is 5.57 Å². The second-order valence-corrected chi connectivity index (χ2v) is 14.3. The van der Waals surface area contributed by atoms with Crippen molar-refractivity contribution in [2.24, 2.45) is 17.8 Å². The minimum Gasteiger partial charge on any atom is -0.462 e. The van der Waals surface area contributed by atoms with E-state index >= 15 is 0 Å². The Morgan fingerprint density at radius 3 is 2.72 bits per heavy atom. The van der Waals surface area contributed by atoms with Crippen LogP contribution in [0.3, 0.4) is 0 Å². The average molecular weight is 644 g/mol. The zero-order chi connectivity index (χ0) is 33.6. The summed E-state index contributed by atoms with van der Waals surface area (Å²) in [5.41, 5.74) is 4.83. The van der Waals surface area contributed by atoms with Crippen LogP contribution in [-0.4, -0.2) is 78.4 Å². The highest BCUT2D eigenvalue weighted by atomic mass is 16.7. The van der Waals surface area contributed by atoms with Crippen LogP contribution in [0.1, 0.15) is 87.0 Å². The zero-order valence-corrected chi connectivity index (χ0v) is 29.1. The number of aliphatic hydroxyl groups excluding tert-OH is 1. The van der Waals surface area contributed by atoms with Gasteiger partial charge in [0, 0.05) is 25.3 Å². The van der Waals surface area contributed by atoms with Gasteiger partial charge in [-0.15, -0.1) is 0 Å². The number of rotatable bonds is 9. The zero-order valence-electron chi connectivity index (χ0n) is 29.1. The molecule has 2 saturated heterocycles. The maximum Gasteiger partial charge on any atom is 0.316 e. The van der Waals surface area contributed by atoms with Crippen LogP contribution in [0.4, 0.5) is 0 Å². The summed E-state index contributed by atoms with van der Waals surface area (Å²) in [6, 6.07) is -0.0625. The van der Waals surface area contributed by atoms with Gasteiger partial charge in [-0.1, -0.05) is 75.3 Å². The van der Waals surface area contributed by atoms with Crippen molar-refractivity contribution in [2.75, 3.05) is 20.3 Å². The smallest absolute Gasteiger partial charge is 0.316 e. The van der Waals surface area contributed by atoms with Gasteiger partial charge < -0.3 is 34.0 Å². The van der Waals surface area contributed by atoms with Gasteiger partial charge in [-0.05, 0) is 63.0 Å². The van der Waals surface area contributed by atoms with Gasteiger partial charge in [-0.2, -0.15) is 5.48 Å². The molecular weight excluding hydrogens is 586 g/mol. The second-order valence-electron chi connectivity index (χ2n) is 14.3. The normalized spacial score (nSPS) is 39.4. The van der Waals surface area contributed by atoms with Gasteiger partial charge >= 0.3 is 5.97 Å². The number of nitrogens with one attached hydrogen (secondary N) is 1. The molecule has 0 spiro atoms. The van der Waals surface area contributed by atoms with Gasteiger partial charge in [0.1, 0.15) is 29.8 Å². The lowest BCUT2D eigenvalue weighted by molar-refractivity contribution is -0.300. The molecule has 4 rings (SSSR count). The topological polar surface area (TPSA) is 116 Å². The van der Waals surface area contributed by atoms with Crippen LogP contribution in [0.2, 0.25) is 0 Å². The Balaban J connectivity index is 1.75. The molecule has 0 aromatic carbocycles. The average Bonchev–Trinajstić information content (AvgIpc) is 3.32. The summed E-state index contributed by atoms with van der Waals surface area (Å²) in [5.74, 6) is -2.02. The van der Waals surface area contributed by atoms with Crippen molar-refractivity contribution >= 4 is 5.97 Å². The Morgan fingerprint density at radius 2 is 2.02 bits per heavy atom. The Labute approximate surface area is 275 Å². The maximum absolute atomic E-state index is 14.2. The van der Waals surface area contributed by atoms with E-state index in [2.05, 4.69) is 65.3 Å². The van der Waals surface area contributed by atoms with Crippen LogP contribution < -0.4 is 5.48 Å². The summed E-state index contributed by atoms with van der Waals surface area (Å²) < 4.78 is 25.9. The summed E-state index contributed by atoms with van der Waals surface area (Å²) >= 11 is 0. The minimum atomic E-state index is -1.73. The Morgan fingerprint density at radius 1 is 1.26 bits per heavy atom. The van der Waals surface area contributed by atoms with Crippen molar-refractivity contribution in [1.29, 1.82) is 0 Å². The predicted octanol–water partition coefficient (Wildman–Crippen LogP) is 5.64. The number of fused-ring (bicyclic) bond motifs is 2. The molecule has 258 valence electrons. The van der Waals surface area contributed by atoms with E-state index in [4.69, 9.17) is 23.8 Å². The van der Waals surface area contributed by atoms with E-state index in [9.17, 15) is 15.0 Å². The first-order valence-electron chi connectivity index (χ1n) is 17.0. The third-order valence-corrected chi connectivity index (χ3v) is 9.63. The number of esters is 1. The summed E-state index contributed by atoms with van der Waals surface area (Å²) in [7, 11) is 1.60. The lowest BCUT2D eigenvalue weighted by Gasteiger charge is -2.46. The van der Waals surface area contributed by atoms with Crippen LogP contribution in [0, 0.1) is 17.8 Å². The summed E-state index contributed by atoms with van der Waals surface area (Å²) in [6.45, 7) is 14.9. The number of ether oxygens (including phenoxy) is 4. The Hall–Kier alpha value is -2.11. The molecule has 4 unspecified atom stereocenters. The molecule has 0 saturated carbocycles. The summed E-state index contributed by atoms with van der Waals surface area (Å²) in [5, 5.41) is 23.2. The van der Waals surface area contributed by atoms with Crippen molar-refractivity contribution in [3.63, 3.8) is 0 Å².